The minimum atomic E-state index is -3.09. The van der Waals surface area contributed by atoms with Crippen LogP contribution < -0.4 is 14.8 Å². The third-order valence-electron chi connectivity index (χ3n) is 3.15. The number of rotatable bonds is 9. The normalized spacial score (nSPS) is 11.7. The second-order valence-corrected chi connectivity index (χ2v) is 7.71. The maximum Gasteiger partial charge on any atom is 0.161 e. The molecule has 0 atom stereocenters. The molecule has 0 radical (unpaired) electrons. The Kier molecular flexibility index (Phi) is 6.98. The molecule has 0 saturated heterocycles. The fourth-order valence-corrected chi connectivity index (χ4v) is 2.50. The van der Waals surface area contributed by atoms with Gasteiger partial charge in [0.1, 0.15) is 6.61 Å². The molecule has 0 heterocycles. The van der Waals surface area contributed by atoms with E-state index < -0.39 is 9.84 Å². The van der Waals surface area contributed by atoms with Gasteiger partial charge in [0.25, 0.3) is 0 Å². The fraction of sp³-hybridized carbons (Fsp3) is 0.600. The highest BCUT2D eigenvalue weighted by Crippen LogP contribution is 2.28. The molecule has 0 fully saturated rings. The smallest absolute Gasteiger partial charge is 0.161 e. The van der Waals surface area contributed by atoms with Crippen molar-refractivity contribution in [3.05, 3.63) is 23.8 Å². The van der Waals surface area contributed by atoms with Crippen molar-refractivity contribution in [1.82, 2.24) is 5.32 Å². The van der Waals surface area contributed by atoms with Gasteiger partial charge in [-0.25, -0.2) is 8.42 Å². The summed E-state index contributed by atoms with van der Waals surface area (Å²) in [5, 5.41) is 2.85. The van der Waals surface area contributed by atoms with Gasteiger partial charge in [-0.05, 0) is 38.1 Å². The van der Waals surface area contributed by atoms with Crippen LogP contribution in [-0.2, 0) is 16.4 Å². The van der Waals surface area contributed by atoms with Gasteiger partial charge in [0.2, 0.25) is 0 Å². The Labute approximate surface area is 127 Å². The van der Waals surface area contributed by atoms with Gasteiger partial charge in [-0.3, -0.25) is 0 Å². The molecule has 21 heavy (non-hydrogen) atoms. The third kappa shape index (κ3) is 5.55. The van der Waals surface area contributed by atoms with Crippen molar-refractivity contribution in [2.75, 3.05) is 26.0 Å². The van der Waals surface area contributed by atoms with Gasteiger partial charge in [0.05, 0.1) is 18.1 Å². The highest BCUT2D eigenvalue weighted by molar-refractivity contribution is 7.91. The summed E-state index contributed by atoms with van der Waals surface area (Å²) >= 11 is 0. The van der Waals surface area contributed by atoms with Gasteiger partial charge < -0.3 is 14.8 Å². The zero-order chi connectivity index (χ0) is 15.9. The Hall–Kier alpha value is -1.27. The molecule has 0 bridgehead atoms. The molecule has 6 heteroatoms. The highest BCUT2D eigenvalue weighted by atomic mass is 32.2. The molecule has 120 valence electrons. The van der Waals surface area contributed by atoms with E-state index in [2.05, 4.69) is 5.32 Å². The molecular formula is C15H25NO4S. The monoisotopic (exact) mass is 315 g/mol. The predicted molar refractivity (Wildman–Crippen MR) is 84.8 cm³/mol. The van der Waals surface area contributed by atoms with Crippen LogP contribution in [0.5, 0.6) is 11.5 Å². The topological polar surface area (TPSA) is 64.6 Å². The van der Waals surface area contributed by atoms with Crippen molar-refractivity contribution < 1.29 is 17.9 Å². The average molecular weight is 315 g/mol. The van der Waals surface area contributed by atoms with Crippen LogP contribution in [0.3, 0.4) is 0 Å². The molecule has 1 N–H and O–H groups in total. The van der Waals surface area contributed by atoms with Gasteiger partial charge in [-0.1, -0.05) is 13.0 Å². The van der Waals surface area contributed by atoms with E-state index >= 15 is 0 Å². The highest BCUT2D eigenvalue weighted by Gasteiger charge is 2.16. The second-order valence-electron chi connectivity index (χ2n) is 5.03. The van der Waals surface area contributed by atoms with Crippen molar-refractivity contribution in [3.8, 4) is 11.5 Å². The van der Waals surface area contributed by atoms with Gasteiger partial charge in [0, 0.05) is 6.54 Å². The van der Waals surface area contributed by atoms with E-state index in [-0.39, 0.29) is 17.6 Å². The minimum Gasteiger partial charge on any atom is -0.493 e. The first-order chi connectivity index (χ1) is 9.90. The summed E-state index contributed by atoms with van der Waals surface area (Å²) in [7, 11) is -1.52. The molecule has 0 unspecified atom stereocenters. The maximum atomic E-state index is 11.8. The first kappa shape index (κ1) is 17.8. The lowest BCUT2D eigenvalue weighted by atomic mass is 10.2. The van der Waals surface area contributed by atoms with Crippen molar-refractivity contribution >= 4 is 9.84 Å². The molecule has 5 nitrogen and oxygen atoms in total. The van der Waals surface area contributed by atoms with Crippen molar-refractivity contribution in [3.63, 3.8) is 0 Å². The first-order valence-electron chi connectivity index (χ1n) is 7.12. The van der Waals surface area contributed by atoms with Crippen molar-refractivity contribution in [1.29, 1.82) is 0 Å². The summed E-state index contributed by atoms with van der Waals surface area (Å²) < 4.78 is 34.4. The quantitative estimate of drug-likeness (QED) is 0.755. The van der Waals surface area contributed by atoms with E-state index in [0.29, 0.717) is 11.5 Å². The van der Waals surface area contributed by atoms with E-state index in [9.17, 15) is 8.42 Å². The number of ether oxygens (including phenoxy) is 2. The molecule has 0 amide bonds. The van der Waals surface area contributed by atoms with E-state index in [4.69, 9.17) is 9.47 Å². The minimum absolute atomic E-state index is 0.00522. The molecule has 1 aromatic rings. The van der Waals surface area contributed by atoms with E-state index in [1.165, 1.54) is 0 Å². The van der Waals surface area contributed by atoms with Crippen LogP contribution in [-0.4, -0.2) is 39.7 Å². The average Bonchev–Trinajstić information content (AvgIpc) is 2.45. The largest absolute Gasteiger partial charge is 0.493 e. The zero-order valence-electron chi connectivity index (χ0n) is 13.2. The summed E-state index contributed by atoms with van der Waals surface area (Å²) in [6, 6.07) is 5.67. The molecule has 1 aromatic carbocycles. The summed E-state index contributed by atoms with van der Waals surface area (Å²) in [5.41, 5.74) is 1.07. The van der Waals surface area contributed by atoms with Crippen LogP contribution in [0.4, 0.5) is 0 Å². The SMILES string of the molecule is CCNCc1ccc(OC)c(OCCS(=O)(=O)C(C)C)c1. The summed E-state index contributed by atoms with van der Waals surface area (Å²) in [4.78, 5) is 0. The number of benzene rings is 1. The van der Waals surface area contributed by atoms with Crippen molar-refractivity contribution in [2.24, 2.45) is 0 Å². The summed E-state index contributed by atoms with van der Waals surface area (Å²) in [6.45, 7) is 7.13. The Balaban J connectivity index is 2.72. The number of nitrogens with one attached hydrogen (secondary N) is 1. The lowest BCUT2D eigenvalue weighted by Crippen LogP contribution is -2.22. The van der Waals surface area contributed by atoms with Crippen LogP contribution in [0.15, 0.2) is 18.2 Å². The van der Waals surface area contributed by atoms with Gasteiger partial charge in [-0.2, -0.15) is 0 Å². The summed E-state index contributed by atoms with van der Waals surface area (Å²) in [6.07, 6.45) is 0. The van der Waals surface area contributed by atoms with E-state index in [0.717, 1.165) is 18.7 Å². The van der Waals surface area contributed by atoms with Crippen LogP contribution in [0.1, 0.15) is 26.3 Å². The number of hydrogen-bond acceptors (Lipinski definition) is 5. The summed E-state index contributed by atoms with van der Waals surface area (Å²) in [5.74, 6) is 1.19. The number of methoxy groups -OCH3 is 1. The molecule has 1 rings (SSSR count). The van der Waals surface area contributed by atoms with Crippen molar-refractivity contribution in [2.45, 2.75) is 32.6 Å². The molecule has 0 spiro atoms. The predicted octanol–water partition coefficient (Wildman–Crippen LogP) is 2.01. The Morgan fingerprint density at radius 1 is 1.24 bits per heavy atom. The molecule has 0 aliphatic carbocycles. The second kappa shape index (κ2) is 8.24. The first-order valence-corrected chi connectivity index (χ1v) is 8.84. The molecule has 0 aromatic heterocycles. The fourth-order valence-electron chi connectivity index (χ4n) is 1.72. The lowest BCUT2D eigenvalue weighted by Gasteiger charge is -2.13. The van der Waals surface area contributed by atoms with Crippen LogP contribution >= 0.6 is 0 Å². The lowest BCUT2D eigenvalue weighted by molar-refractivity contribution is 0.311. The van der Waals surface area contributed by atoms with Crippen LogP contribution in [0.2, 0.25) is 0 Å². The van der Waals surface area contributed by atoms with E-state index in [1.54, 1.807) is 21.0 Å². The van der Waals surface area contributed by atoms with Gasteiger partial charge in [0.15, 0.2) is 21.3 Å². The molecule has 0 saturated carbocycles. The van der Waals surface area contributed by atoms with Crippen LogP contribution in [0, 0.1) is 0 Å². The molecule has 0 aliphatic heterocycles. The van der Waals surface area contributed by atoms with Crippen LogP contribution in [0.25, 0.3) is 0 Å². The third-order valence-corrected chi connectivity index (χ3v) is 5.32. The van der Waals surface area contributed by atoms with E-state index in [1.807, 2.05) is 25.1 Å². The standard InChI is InChI=1S/C15H25NO4S/c1-5-16-11-13-6-7-14(19-4)15(10-13)20-8-9-21(17,18)12(2)3/h6-7,10,12,16H,5,8-9,11H2,1-4H3. The Bertz CT molecular complexity index is 541. The Morgan fingerprint density at radius 2 is 1.95 bits per heavy atom. The zero-order valence-corrected chi connectivity index (χ0v) is 14.0. The molecule has 0 aliphatic rings. The Morgan fingerprint density at radius 3 is 2.52 bits per heavy atom. The van der Waals surface area contributed by atoms with Gasteiger partial charge in [-0.15, -0.1) is 0 Å². The van der Waals surface area contributed by atoms with Gasteiger partial charge >= 0.3 is 0 Å². The number of hydrogen-bond donors (Lipinski definition) is 1. The maximum absolute atomic E-state index is 11.8. The molecular weight excluding hydrogens is 290 g/mol. The number of sulfone groups is 1.